The standard InChI is InChI=1S/C60H97N11O14/c1-19-35(9)49-53(77)61-31-44(72)67(14)47(33(5)6)54(78)64-41(29-39-24-26-40(85-18)27-25-39)52(76)62-37(11)51(75)63-38(12)56(80)71-28-22-21-23-42(71)57(81)68(15)48(34(7)8)55(79)65-46(32(3)4)59(83)66(13)43(30-45(73)74)58(82)70(17)50(36(10)20-2)60(84)69(49)16/h24-27,32-38,41-43,46-50H,19-23,28-31H2,1-18H3,(H,61,77)(H,62,76)(H,63,75)(H,64,78)(H,65,79)(H,73,74)/t35-,36-,37-,38+,41-,42-,43-,46-,47-,48-,49-,50-/m0/s1. The number of likely N-dealkylation sites (N-methyl/N-ethyl adjacent to an activating group) is 5. The summed E-state index contributed by atoms with van der Waals surface area (Å²) in [6.07, 6.45) is 1.02. The minimum Gasteiger partial charge on any atom is -0.497 e. The second-order valence-electron chi connectivity index (χ2n) is 24.0. The Kier molecular flexibility index (Phi) is 27.3. The maximum atomic E-state index is 15.0. The van der Waals surface area contributed by atoms with Gasteiger partial charge >= 0.3 is 5.97 Å². The maximum absolute atomic E-state index is 15.0. The highest BCUT2D eigenvalue weighted by molar-refractivity contribution is 6.00. The van der Waals surface area contributed by atoms with E-state index in [4.69, 9.17) is 4.74 Å². The van der Waals surface area contributed by atoms with E-state index >= 15 is 0 Å². The molecule has 6 N–H and O–H groups in total. The molecule has 85 heavy (non-hydrogen) atoms. The van der Waals surface area contributed by atoms with E-state index in [1.807, 2.05) is 0 Å². The summed E-state index contributed by atoms with van der Waals surface area (Å²) in [6.45, 7) is 19.4. The fourth-order valence-corrected chi connectivity index (χ4v) is 11.2. The minimum atomic E-state index is -1.71. The molecule has 2 saturated heterocycles. The van der Waals surface area contributed by atoms with E-state index in [9.17, 15) is 62.6 Å². The number of methoxy groups -OCH3 is 1. The molecule has 0 radical (unpaired) electrons. The number of aliphatic carboxylic acids is 1. The van der Waals surface area contributed by atoms with Crippen LogP contribution in [0.1, 0.15) is 127 Å². The molecule has 3 rings (SSSR count). The number of benzene rings is 1. The summed E-state index contributed by atoms with van der Waals surface area (Å²) in [7, 11) is 8.21. The number of nitrogens with one attached hydrogen (secondary N) is 5. The van der Waals surface area contributed by atoms with Gasteiger partial charge in [0.1, 0.15) is 66.2 Å². The van der Waals surface area contributed by atoms with Gasteiger partial charge in [-0.15, -0.1) is 0 Å². The molecule has 12 atom stereocenters. The van der Waals surface area contributed by atoms with Crippen LogP contribution in [0.25, 0.3) is 0 Å². The van der Waals surface area contributed by atoms with Crippen molar-refractivity contribution in [1.29, 1.82) is 0 Å². The van der Waals surface area contributed by atoms with Gasteiger partial charge in [0.2, 0.25) is 65.0 Å². The molecule has 25 heteroatoms. The summed E-state index contributed by atoms with van der Waals surface area (Å²) >= 11 is 0. The van der Waals surface area contributed by atoms with Crippen LogP contribution in [0.15, 0.2) is 24.3 Å². The van der Waals surface area contributed by atoms with Crippen molar-refractivity contribution in [3.63, 3.8) is 0 Å². The third-order valence-corrected chi connectivity index (χ3v) is 16.7. The fraction of sp³-hybridized carbons (Fsp3) is 0.700. The van der Waals surface area contributed by atoms with Gasteiger partial charge in [0.05, 0.1) is 20.1 Å². The number of carboxylic acids is 1. The first-order valence-electron chi connectivity index (χ1n) is 29.7. The number of carbonyl (C=O) groups excluding carboxylic acids is 11. The van der Waals surface area contributed by atoms with Gasteiger partial charge in [0.25, 0.3) is 0 Å². The Morgan fingerprint density at radius 1 is 0.565 bits per heavy atom. The lowest BCUT2D eigenvalue weighted by Gasteiger charge is -2.41. The largest absolute Gasteiger partial charge is 0.497 e. The van der Waals surface area contributed by atoms with Crippen LogP contribution >= 0.6 is 0 Å². The first-order valence-corrected chi connectivity index (χ1v) is 29.7. The summed E-state index contributed by atoms with van der Waals surface area (Å²) in [4.78, 5) is 179. The normalized spacial score (nSPS) is 27.1. The summed E-state index contributed by atoms with van der Waals surface area (Å²) in [6, 6.07) is -6.21. The van der Waals surface area contributed by atoms with Crippen molar-refractivity contribution >= 4 is 70.9 Å². The molecular weight excluding hydrogens is 1100 g/mol. The van der Waals surface area contributed by atoms with Crippen LogP contribution in [-0.2, 0) is 64.0 Å². The molecule has 1 aromatic rings. The van der Waals surface area contributed by atoms with Crippen LogP contribution in [0.2, 0.25) is 0 Å². The Balaban J connectivity index is 2.25. The highest BCUT2D eigenvalue weighted by Crippen LogP contribution is 2.26. The monoisotopic (exact) mass is 1200 g/mol. The molecule has 0 aromatic heterocycles. The lowest BCUT2D eigenvalue weighted by Crippen LogP contribution is -2.63. The van der Waals surface area contributed by atoms with Crippen molar-refractivity contribution in [2.24, 2.45) is 29.6 Å². The van der Waals surface area contributed by atoms with Crippen LogP contribution in [0.4, 0.5) is 0 Å². The lowest BCUT2D eigenvalue weighted by molar-refractivity contribution is -0.157. The Bertz CT molecular complexity index is 2560. The minimum absolute atomic E-state index is 0.0804. The Morgan fingerprint density at radius 2 is 1.08 bits per heavy atom. The fourth-order valence-electron chi connectivity index (χ4n) is 11.2. The predicted octanol–water partition coefficient (Wildman–Crippen LogP) is 1.40. The van der Waals surface area contributed by atoms with E-state index in [0.29, 0.717) is 37.0 Å². The molecular formula is C60H97N11O14. The van der Waals surface area contributed by atoms with Crippen molar-refractivity contribution in [1.82, 2.24) is 56.0 Å². The molecule has 476 valence electrons. The van der Waals surface area contributed by atoms with E-state index in [1.165, 1.54) is 70.9 Å². The van der Waals surface area contributed by atoms with Crippen molar-refractivity contribution < 1.29 is 67.4 Å². The Labute approximate surface area is 501 Å². The number of amides is 11. The summed E-state index contributed by atoms with van der Waals surface area (Å²) < 4.78 is 5.31. The van der Waals surface area contributed by atoms with Crippen LogP contribution in [0.3, 0.4) is 0 Å². The zero-order chi connectivity index (χ0) is 64.6. The lowest BCUT2D eigenvalue weighted by atomic mass is 9.92. The van der Waals surface area contributed by atoms with E-state index in [2.05, 4.69) is 26.6 Å². The van der Waals surface area contributed by atoms with Gasteiger partial charge in [-0.05, 0) is 80.4 Å². The number of carbonyl (C=O) groups is 12. The Morgan fingerprint density at radius 3 is 1.61 bits per heavy atom. The molecule has 0 aliphatic carbocycles. The summed E-state index contributed by atoms with van der Waals surface area (Å²) in [5.41, 5.74) is 0.596. The quantitative estimate of drug-likeness (QED) is 0.173. The van der Waals surface area contributed by atoms with Gasteiger partial charge in [-0.3, -0.25) is 57.5 Å². The van der Waals surface area contributed by atoms with E-state index < -0.39 is 174 Å². The third kappa shape index (κ3) is 18.3. The van der Waals surface area contributed by atoms with Gasteiger partial charge in [0.15, 0.2) is 0 Å². The molecule has 2 heterocycles. The second-order valence-corrected chi connectivity index (χ2v) is 24.0. The third-order valence-electron chi connectivity index (χ3n) is 16.7. The van der Waals surface area contributed by atoms with Crippen LogP contribution in [-0.4, -0.2) is 221 Å². The van der Waals surface area contributed by atoms with E-state index in [0.717, 1.165) is 14.7 Å². The van der Waals surface area contributed by atoms with Gasteiger partial charge in [-0.2, -0.15) is 0 Å². The second kappa shape index (κ2) is 32.2. The van der Waals surface area contributed by atoms with Crippen LogP contribution in [0, 0.1) is 29.6 Å². The zero-order valence-electron chi connectivity index (χ0n) is 53.3. The van der Waals surface area contributed by atoms with Crippen molar-refractivity contribution in [2.75, 3.05) is 55.4 Å². The number of rotatable bonds is 12. The number of carboxylic acid groups (broad SMARTS) is 1. The zero-order valence-corrected chi connectivity index (χ0v) is 53.3. The number of hydrogen-bond donors (Lipinski definition) is 6. The van der Waals surface area contributed by atoms with Crippen LogP contribution < -0.4 is 31.3 Å². The van der Waals surface area contributed by atoms with Crippen molar-refractivity contribution in [3.05, 3.63) is 29.8 Å². The molecule has 2 aliphatic heterocycles. The first kappa shape index (κ1) is 71.9. The molecule has 0 unspecified atom stereocenters. The molecule has 0 bridgehead atoms. The highest BCUT2D eigenvalue weighted by atomic mass is 16.5. The Hall–Kier alpha value is -7.34. The average molecular weight is 1200 g/mol. The predicted molar refractivity (Wildman–Crippen MR) is 317 cm³/mol. The van der Waals surface area contributed by atoms with Crippen molar-refractivity contribution in [2.45, 2.75) is 188 Å². The molecule has 0 saturated carbocycles. The SMILES string of the molecule is CC[C@H](C)[C@H]1C(=O)NCC(=O)N(C)[C@@H](C(C)C)C(=O)N[C@@H](Cc2ccc(OC)cc2)C(=O)N[C@@H](C)C(=O)N[C@H](C)C(=O)N2CCCC[C@H]2C(=O)N(C)[C@@H](C(C)C)C(=O)N[C@@H](C(C)C)C(=O)N(C)[C@@H](CC(=O)O)C(=O)N(C)[C@@H]([C@@H](C)CC)C(=O)N1C. The topological polar surface area (TPSA) is 314 Å². The summed E-state index contributed by atoms with van der Waals surface area (Å²) in [5.74, 6) is -11.9. The first-order chi connectivity index (χ1) is 39.7. The number of hydrogen-bond acceptors (Lipinski definition) is 13. The number of ether oxygens (including phenoxy) is 1. The smallest absolute Gasteiger partial charge is 0.305 e. The number of fused-ring (bicyclic) bond motifs is 1. The summed E-state index contributed by atoms with van der Waals surface area (Å²) in [5, 5.41) is 23.7. The number of nitrogens with zero attached hydrogens (tertiary/aromatic N) is 6. The van der Waals surface area contributed by atoms with E-state index in [-0.39, 0.29) is 19.4 Å². The molecule has 11 amide bonds. The molecule has 25 nitrogen and oxygen atoms in total. The van der Waals surface area contributed by atoms with Crippen molar-refractivity contribution in [3.8, 4) is 5.75 Å². The highest BCUT2D eigenvalue weighted by Gasteiger charge is 2.46. The number of piperidine rings is 1. The molecule has 2 aliphatic rings. The molecule has 1 aromatic carbocycles. The molecule has 2 fully saturated rings. The average Bonchev–Trinajstić information content (AvgIpc) is 3.65. The van der Waals surface area contributed by atoms with Gasteiger partial charge in [-0.25, -0.2) is 0 Å². The van der Waals surface area contributed by atoms with Gasteiger partial charge in [-0.1, -0.05) is 94.2 Å². The maximum Gasteiger partial charge on any atom is 0.305 e. The van der Waals surface area contributed by atoms with Gasteiger partial charge in [0, 0.05) is 48.2 Å². The van der Waals surface area contributed by atoms with Gasteiger partial charge < -0.3 is 65.8 Å². The van der Waals surface area contributed by atoms with E-state index in [1.54, 1.807) is 93.5 Å². The molecule has 0 spiro atoms. The van der Waals surface area contributed by atoms with Crippen LogP contribution in [0.5, 0.6) is 5.75 Å².